The number of hydrogen-bond donors (Lipinski definition) is 6. The summed E-state index contributed by atoms with van der Waals surface area (Å²) in [5.41, 5.74) is 1.34. The zero-order valence-corrected chi connectivity index (χ0v) is 18.5. The van der Waals surface area contributed by atoms with Crippen molar-refractivity contribution in [3.05, 3.63) is 22.7 Å². The highest BCUT2D eigenvalue weighted by Gasteiger charge is 2.58. The molecule has 0 bridgehead atoms. The Labute approximate surface area is 178 Å². The van der Waals surface area contributed by atoms with Gasteiger partial charge in [0.2, 0.25) is 5.67 Å². The second-order valence-electron chi connectivity index (χ2n) is 6.04. The van der Waals surface area contributed by atoms with Crippen molar-refractivity contribution in [1.82, 2.24) is 9.55 Å². The third-order valence-corrected chi connectivity index (χ3v) is 7.49. The Morgan fingerprint density at radius 2 is 1.91 bits per heavy atom. The number of nitrogen functional groups attached to an aromatic ring is 1. The molecule has 32 heavy (non-hydrogen) atoms. The molecule has 2 rings (SSSR count). The van der Waals surface area contributed by atoms with Crippen LogP contribution in [0.5, 0.6) is 0 Å². The molecule has 7 N–H and O–H groups in total. The van der Waals surface area contributed by atoms with Crippen molar-refractivity contribution >= 4 is 29.3 Å². The van der Waals surface area contributed by atoms with Crippen molar-refractivity contribution in [2.75, 3.05) is 12.3 Å². The number of aliphatic hydroxyl groups is 1. The number of aliphatic hydroxyl groups excluding tert-OH is 1. The Bertz CT molecular complexity index is 1130. The van der Waals surface area contributed by atoms with Crippen molar-refractivity contribution in [1.29, 1.82) is 0 Å². The van der Waals surface area contributed by atoms with Gasteiger partial charge < -0.3 is 35.2 Å². The smallest absolute Gasteiger partial charge is 0.386 e. The number of nitrogens with two attached hydrogens (primary N) is 1. The van der Waals surface area contributed by atoms with Gasteiger partial charge in [-0.15, -0.1) is 5.92 Å². The molecule has 6 atom stereocenters. The number of halogens is 1. The summed E-state index contributed by atoms with van der Waals surface area (Å²) in [7, 11) is -17.0. The van der Waals surface area contributed by atoms with Crippen LogP contribution < -0.4 is 11.4 Å². The van der Waals surface area contributed by atoms with Gasteiger partial charge in [0.25, 0.3) is 0 Å². The number of nitrogens with zero attached hydrogens (tertiary/aromatic N) is 2. The van der Waals surface area contributed by atoms with Gasteiger partial charge in [0.05, 0.1) is 6.61 Å². The summed E-state index contributed by atoms with van der Waals surface area (Å²) in [6.45, 7) is 0.0457. The van der Waals surface area contributed by atoms with E-state index in [1.54, 1.807) is 0 Å². The highest BCUT2D eigenvalue weighted by atomic mass is 31.3. The monoisotopic (exact) mass is 523 g/mol. The quantitative estimate of drug-likeness (QED) is 0.179. The van der Waals surface area contributed by atoms with Crippen LogP contribution in [0.3, 0.4) is 0 Å². The number of aromatic nitrogens is 2. The molecule has 0 aliphatic carbocycles. The third kappa shape index (κ3) is 6.52. The predicted octanol–water partition coefficient (Wildman–Crippen LogP) is -0.841. The van der Waals surface area contributed by atoms with E-state index in [0.717, 1.165) is 12.3 Å². The number of hydrogen-bond acceptors (Lipinski definition) is 11. The molecule has 1 saturated heterocycles. The van der Waals surface area contributed by atoms with Gasteiger partial charge in [-0.1, -0.05) is 5.92 Å². The number of phosphoric ester groups is 1. The number of ether oxygens (including phenoxy) is 1. The van der Waals surface area contributed by atoms with E-state index < -0.39 is 59.9 Å². The number of alkyl halides is 1. The maximum absolute atomic E-state index is 15.5. The second-order valence-corrected chi connectivity index (χ2v) is 10.5. The average Bonchev–Trinajstić information content (AvgIpc) is 2.82. The normalized spacial score (nSPS) is 29.5. The third-order valence-electron chi connectivity index (χ3n) is 3.68. The molecule has 0 aromatic carbocycles. The van der Waals surface area contributed by atoms with Crippen LogP contribution in [0.25, 0.3) is 0 Å². The number of rotatable bonds is 8. The average molecular weight is 523 g/mol. The zero-order chi connectivity index (χ0) is 24.5. The van der Waals surface area contributed by atoms with E-state index >= 15 is 4.39 Å². The molecule has 0 spiro atoms. The predicted molar refractivity (Wildman–Crippen MR) is 99.9 cm³/mol. The van der Waals surface area contributed by atoms with Crippen molar-refractivity contribution in [2.24, 2.45) is 0 Å². The lowest BCUT2D eigenvalue weighted by Gasteiger charge is -2.24. The van der Waals surface area contributed by atoms with Crippen LogP contribution in [0, 0.1) is 11.8 Å². The first-order chi connectivity index (χ1) is 14.5. The topological polar surface area (TPSA) is 250 Å². The molecule has 1 aromatic heterocycles. The number of anilines is 1. The minimum Gasteiger partial charge on any atom is -0.386 e. The minimum atomic E-state index is -5.79. The minimum absolute atomic E-state index is 0.194. The number of phosphoric acid groups is 3. The van der Waals surface area contributed by atoms with Gasteiger partial charge in [0.1, 0.15) is 18.0 Å². The molecule has 180 valence electrons. The molecular weight excluding hydrogens is 506 g/mol. The zero-order valence-electron chi connectivity index (χ0n) is 15.8. The van der Waals surface area contributed by atoms with Crippen LogP contribution in [-0.2, 0) is 31.6 Å². The second kappa shape index (κ2) is 9.40. The molecule has 0 radical (unpaired) electrons. The van der Waals surface area contributed by atoms with E-state index in [9.17, 15) is 28.5 Å². The first-order valence-corrected chi connectivity index (χ1v) is 12.6. The SMILES string of the molecule is CC#CC1(F)[C@@H](O)[C@@H](COP(=O)(O)OP(=O)(O)OP(=O)(O)O)O[C@H]1n1ccc(N)nc1=O. The fourth-order valence-electron chi connectivity index (χ4n) is 2.56. The molecule has 20 heteroatoms. The maximum Gasteiger partial charge on any atom is 0.490 e. The Balaban J connectivity index is 2.23. The summed E-state index contributed by atoms with van der Waals surface area (Å²) >= 11 is 0. The highest BCUT2D eigenvalue weighted by molar-refractivity contribution is 7.66. The lowest BCUT2D eigenvalue weighted by atomic mass is 9.96. The summed E-state index contributed by atoms with van der Waals surface area (Å²) in [4.78, 5) is 51.0. The molecule has 0 amide bonds. The lowest BCUT2D eigenvalue weighted by molar-refractivity contribution is -0.0534. The standard InChI is InChI=1S/C12H17FN3O13P3/c1-2-4-12(13)9(17)7(27-10(12)16-5-3-8(14)15-11(16)18)6-26-31(22,23)29-32(24,25)28-30(19,20)21/h3,5,7,9-10,17H,6H2,1H3,(H,22,23)(H,24,25)(H2,14,15,18)(H2,19,20,21)/t7-,9+,10-,12?/m1/s1. The van der Waals surface area contributed by atoms with Gasteiger partial charge in [-0.2, -0.15) is 13.6 Å². The molecule has 3 unspecified atom stereocenters. The molecule has 0 saturated carbocycles. The molecule has 1 fully saturated rings. The highest BCUT2D eigenvalue weighted by Crippen LogP contribution is 2.66. The summed E-state index contributed by atoms with van der Waals surface area (Å²) in [5.74, 6) is 4.04. The van der Waals surface area contributed by atoms with Gasteiger partial charge in [-0.25, -0.2) is 22.9 Å². The summed E-state index contributed by atoms with van der Waals surface area (Å²) < 4.78 is 66.5. The lowest BCUT2D eigenvalue weighted by Crippen LogP contribution is -2.44. The van der Waals surface area contributed by atoms with Crippen molar-refractivity contribution in [3.63, 3.8) is 0 Å². The van der Waals surface area contributed by atoms with Gasteiger partial charge in [0, 0.05) is 6.20 Å². The van der Waals surface area contributed by atoms with E-state index in [-0.39, 0.29) is 5.82 Å². The van der Waals surface area contributed by atoms with Crippen LogP contribution in [-0.4, -0.2) is 58.7 Å². The Morgan fingerprint density at radius 3 is 2.44 bits per heavy atom. The Hall–Kier alpha value is -1.50. The largest absolute Gasteiger partial charge is 0.490 e. The first kappa shape index (κ1) is 26.7. The van der Waals surface area contributed by atoms with E-state index in [1.807, 2.05) is 5.92 Å². The van der Waals surface area contributed by atoms with Crippen LogP contribution >= 0.6 is 23.5 Å². The van der Waals surface area contributed by atoms with E-state index in [0.29, 0.717) is 4.57 Å². The van der Waals surface area contributed by atoms with Crippen LogP contribution in [0.4, 0.5) is 10.2 Å². The maximum atomic E-state index is 15.5. The molecule has 2 heterocycles. The Morgan fingerprint density at radius 1 is 1.28 bits per heavy atom. The van der Waals surface area contributed by atoms with E-state index in [2.05, 4.69) is 24.0 Å². The molecular formula is C12H17FN3O13P3. The van der Waals surface area contributed by atoms with Crippen LogP contribution in [0.1, 0.15) is 13.2 Å². The van der Waals surface area contributed by atoms with E-state index in [4.69, 9.17) is 25.2 Å². The summed E-state index contributed by atoms with van der Waals surface area (Å²) in [6.07, 6.45) is -4.89. The van der Waals surface area contributed by atoms with Gasteiger partial charge in [0.15, 0.2) is 6.23 Å². The first-order valence-electron chi connectivity index (χ1n) is 8.09. The van der Waals surface area contributed by atoms with Crippen LogP contribution in [0.15, 0.2) is 17.1 Å². The summed E-state index contributed by atoms with van der Waals surface area (Å²) in [5, 5.41) is 10.3. The molecule has 16 nitrogen and oxygen atoms in total. The van der Waals surface area contributed by atoms with Crippen molar-refractivity contribution in [2.45, 2.75) is 31.0 Å². The van der Waals surface area contributed by atoms with Crippen molar-refractivity contribution in [3.8, 4) is 11.8 Å². The fourth-order valence-corrected chi connectivity index (χ4v) is 5.59. The molecule has 1 aromatic rings. The van der Waals surface area contributed by atoms with Crippen LogP contribution in [0.2, 0.25) is 0 Å². The van der Waals surface area contributed by atoms with Gasteiger partial charge >= 0.3 is 29.2 Å². The van der Waals surface area contributed by atoms with Gasteiger partial charge in [-0.05, 0) is 13.0 Å². The van der Waals surface area contributed by atoms with Gasteiger partial charge in [-0.3, -0.25) is 9.09 Å². The summed E-state index contributed by atoms with van der Waals surface area (Å²) in [6, 6.07) is 1.12. The fraction of sp³-hybridized carbons (Fsp3) is 0.500. The molecule has 1 aliphatic rings. The van der Waals surface area contributed by atoms with E-state index in [1.165, 1.54) is 6.92 Å². The molecule has 1 aliphatic heterocycles. The Kier molecular flexibility index (Phi) is 7.85. The van der Waals surface area contributed by atoms with Crippen molar-refractivity contribution < 1.29 is 60.6 Å².